The predicted molar refractivity (Wildman–Crippen MR) is 116 cm³/mol. The molecule has 2 amide bonds. The third kappa shape index (κ3) is 7.78. The van der Waals surface area contributed by atoms with Crippen LogP contribution in [0.5, 0.6) is 5.75 Å². The van der Waals surface area contributed by atoms with Crippen molar-refractivity contribution in [3.8, 4) is 5.75 Å². The average molecular weight is 417 g/mol. The van der Waals surface area contributed by atoms with Crippen molar-refractivity contribution in [2.45, 2.75) is 52.2 Å². The number of halogens is 1. The monoisotopic (exact) mass is 416 g/mol. The van der Waals surface area contributed by atoms with Crippen molar-refractivity contribution < 1.29 is 14.3 Å². The molecule has 0 heterocycles. The van der Waals surface area contributed by atoms with Gasteiger partial charge in [-0.3, -0.25) is 9.59 Å². The summed E-state index contributed by atoms with van der Waals surface area (Å²) in [6.45, 7) is 6.35. The molecule has 2 rings (SSSR count). The highest BCUT2D eigenvalue weighted by Crippen LogP contribution is 2.15. The first kappa shape index (κ1) is 22.8. The smallest absolute Gasteiger partial charge is 0.242 e. The Kier molecular flexibility index (Phi) is 9.00. The first-order chi connectivity index (χ1) is 13.9. The Morgan fingerprint density at radius 1 is 1.03 bits per heavy atom. The number of carbonyl (C=O) groups is 2. The van der Waals surface area contributed by atoms with E-state index in [2.05, 4.69) is 5.32 Å². The van der Waals surface area contributed by atoms with E-state index in [0.29, 0.717) is 31.0 Å². The van der Waals surface area contributed by atoms with E-state index in [-0.39, 0.29) is 17.9 Å². The summed E-state index contributed by atoms with van der Waals surface area (Å²) in [6.07, 6.45) is 0.878. The summed E-state index contributed by atoms with van der Waals surface area (Å²) in [4.78, 5) is 27.0. The Labute approximate surface area is 178 Å². The molecule has 2 aromatic carbocycles. The van der Waals surface area contributed by atoms with Crippen LogP contribution in [0.25, 0.3) is 0 Å². The standard InChI is InChI=1S/C23H29ClN2O3/c1-17(2)25-23(28)18(3)26(16-19-11-13-20(24)14-12-19)22(27)10-7-15-29-21-8-5-4-6-9-21/h4-6,8-9,11-14,17-18H,7,10,15-16H2,1-3H3,(H,25,28)/t18-/m0/s1. The fraction of sp³-hybridized carbons (Fsp3) is 0.391. The van der Waals surface area contributed by atoms with Gasteiger partial charge in [-0.25, -0.2) is 0 Å². The second-order valence-corrected chi connectivity index (χ2v) is 7.69. The predicted octanol–water partition coefficient (Wildman–Crippen LogP) is 4.44. The van der Waals surface area contributed by atoms with Gasteiger partial charge in [0.15, 0.2) is 0 Å². The lowest BCUT2D eigenvalue weighted by Crippen LogP contribution is -2.49. The van der Waals surface area contributed by atoms with Gasteiger partial charge in [0.2, 0.25) is 11.8 Å². The molecule has 1 atom stereocenters. The van der Waals surface area contributed by atoms with Gasteiger partial charge in [0, 0.05) is 24.0 Å². The Bertz CT molecular complexity index is 778. The zero-order valence-electron chi connectivity index (χ0n) is 17.2. The van der Waals surface area contributed by atoms with Crippen LogP contribution in [-0.4, -0.2) is 35.4 Å². The number of ether oxygens (including phenoxy) is 1. The molecule has 0 aromatic heterocycles. The van der Waals surface area contributed by atoms with Crippen LogP contribution >= 0.6 is 11.6 Å². The number of benzene rings is 2. The molecule has 6 heteroatoms. The molecule has 0 unspecified atom stereocenters. The molecular weight excluding hydrogens is 388 g/mol. The van der Waals surface area contributed by atoms with Gasteiger partial charge >= 0.3 is 0 Å². The van der Waals surface area contributed by atoms with Gasteiger partial charge in [0.25, 0.3) is 0 Å². The minimum atomic E-state index is -0.574. The van der Waals surface area contributed by atoms with E-state index in [1.165, 1.54) is 0 Å². The van der Waals surface area contributed by atoms with Crippen molar-refractivity contribution in [1.82, 2.24) is 10.2 Å². The number of amides is 2. The molecule has 0 spiro atoms. The molecule has 2 aromatic rings. The molecule has 0 bridgehead atoms. The van der Waals surface area contributed by atoms with E-state index in [0.717, 1.165) is 11.3 Å². The van der Waals surface area contributed by atoms with Crippen molar-refractivity contribution in [3.05, 3.63) is 65.2 Å². The third-order valence-corrected chi connectivity index (χ3v) is 4.66. The lowest BCUT2D eigenvalue weighted by molar-refractivity contribution is -0.141. The number of nitrogens with zero attached hydrogens (tertiary/aromatic N) is 1. The molecule has 0 aliphatic heterocycles. The number of rotatable bonds is 10. The van der Waals surface area contributed by atoms with Crippen LogP contribution in [0.3, 0.4) is 0 Å². The van der Waals surface area contributed by atoms with Gasteiger partial charge in [0.1, 0.15) is 11.8 Å². The highest BCUT2D eigenvalue weighted by molar-refractivity contribution is 6.30. The summed E-state index contributed by atoms with van der Waals surface area (Å²) in [6, 6.07) is 16.2. The van der Waals surface area contributed by atoms with Crippen LogP contribution in [0.1, 0.15) is 39.2 Å². The molecule has 29 heavy (non-hydrogen) atoms. The molecule has 0 aliphatic rings. The number of hydrogen-bond acceptors (Lipinski definition) is 3. The first-order valence-electron chi connectivity index (χ1n) is 9.89. The summed E-state index contributed by atoms with van der Waals surface area (Å²) in [5.41, 5.74) is 0.924. The first-order valence-corrected chi connectivity index (χ1v) is 10.3. The van der Waals surface area contributed by atoms with Crippen molar-refractivity contribution in [3.63, 3.8) is 0 Å². The Morgan fingerprint density at radius 2 is 1.69 bits per heavy atom. The maximum atomic E-state index is 12.9. The lowest BCUT2D eigenvalue weighted by atomic mass is 10.1. The van der Waals surface area contributed by atoms with E-state index in [4.69, 9.17) is 16.3 Å². The van der Waals surface area contributed by atoms with E-state index in [9.17, 15) is 9.59 Å². The van der Waals surface area contributed by atoms with E-state index < -0.39 is 6.04 Å². The molecule has 1 N–H and O–H groups in total. The van der Waals surface area contributed by atoms with Gasteiger partial charge in [-0.1, -0.05) is 41.9 Å². The van der Waals surface area contributed by atoms with E-state index in [1.807, 2.05) is 56.3 Å². The molecule has 156 valence electrons. The zero-order chi connectivity index (χ0) is 21.2. The van der Waals surface area contributed by atoms with Gasteiger partial charge < -0.3 is 15.0 Å². The van der Waals surface area contributed by atoms with Gasteiger partial charge in [0.05, 0.1) is 6.61 Å². The molecule has 0 saturated carbocycles. The summed E-state index contributed by atoms with van der Waals surface area (Å²) < 4.78 is 5.66. The third-order valence-electron chi connectivity index (χ3n) is 4.41. The molecule has 0 fully saturated rings. The molecular formula is C23H29ClN2O3. The van der Waals surface area contributed by atoms with Crippen LogP contribution in [0, 0.1) is 0 Å². The maximum Gasteiger partial charge on any atom is 0.242 e. The highest BCUT2D eigenvalue weighted by atomic mass is 35.5. The van der Waals surface area contributed by atoms with Crippen LogP contribution in [0.4, 0.5) is 0 Å². The average Bonchev–Trinajstić information content (AvgIpc) is 2.70. The Balaban J connectivity index is 1.99. The Morgan fingerprint density at radius 3 is 2.31 bits per heavy atom. The fourth-order valence-electron chi connectivity index (χ4n) is 2.85. The van der Waals surface area contributed by atoms with Gasteiger partial charge in [-0.2, -0.15) is 0 Å². The topological polar surface area (TPSA) is 58.6 Å². The molecule has 0 saturated heterocycles. The van der Waals surface area contributed by atoms with Crippen molar-refractivity contribution in [2.24, 2.45) is 0 Å². The van der Waals surface area contributed by atoms with Crippen LogP contribution in [0.2, 0.25) is 5.02 Å². The normalized spacial score (nSPS) is 11.8. The number of nitrogens with one attached hydrogen (secondary N) is 1. The fourth-order valence-corrected chi connectivity index (χ4v) is 2.97. The van der Waals surface area contributed by atoms with Gasteiger partial charge in [-0.05, 0) is 57.0 Å². The van der Waals surface area contributed by atoms with Crippen molar-refractivity contribution in [1.29, 1.82) is 0 Å². The summed E-state index contributed by atoms with van der Waals surface area (Å²) in [5.74, 6) is 0.536. The largest absolute Gasteiger partial charge is 0.494 e. The van der Waals surface area contributed by atoms with Crippen LogP contribution in [0.15, 0.2) is 54.6 Å². The second-order valence-electron chi connectivity index (χ2n) is 7.25. The maximum absolute atomic E-state index is 12.9. The minimum absolute atomic E-state index is 0.0108. The molecule has 5 nitrogen and oxygen atoms in total. The van der Waals surface area contributed by atoms with Crippen molar-refractivity contribution in [2.75, 3.05) is 6.61 Å². The molecule has 0 aliphatic carbocycles. The summed E-state index contributed by atoms with van der Waals surface area (Å²) in [5, 5.41) is 3.52. The SMILES string of the molecule is CC(C)NC(=O)[C@H](C)N(Cc1ccc(Cl)cc1)C(=O)CCCOc1ccccc1. The minimum Gasteiger partial charge on any atom is -0.494 e. The van der Waals surface area contributed by atoms with Crippen molar-refractivity contribution >= 4 is 23.4 Å². The zero-order valence-corrected chi connectivity index (χ0v) is 18.0. The van der Waals surface area contributed by atoms with Crippen LogP contribution < -0.4 is 10.1 Å². The second kappa shape index (κ2) is 11.5. The Hall–Kier alpha value is -2.53. The summed E-state index contributed by atoms with van der Waals surface area (Å²) in [7, 11) is 0. The highest BCUT2D eigenvalue weighted by Gasteiger charge is 2.26. The van der Waals surface area contributed by atoms with Crippen LogP contribution in [-0.2, 0) is 16.1 Å². The quantitative estimate of drug-likeness (QED) is 0.582. The lowest BCUT2D eigenvalue weighted by Gasteiger charge is -2.29. The summed E-state index contributed by atoms with van der Waals surface area (Å²) >= 11 is 5.96. The number of para-hydroxylation sites is 1. The molecule has 0 radical (unpaired) electrons. The number of carbonyl (C=O) groups excluding carboxylic acids is 2. The van der Waals surface area contributed by atoms with Gasteiger partial charge in [-0.15, -0.1) is 0 Å². The number of hydrogen-bond donors (Lipinski definition) is 1. The van der Waals surface area contributed by atoms with E-state index >= 15 is 0 Å². The van der Waals surface area contributed by atoms with E-state index in [1.54, 1.807) is 24.0 Å².